The monoisotopic (exact) mass is 369 g/mol. The van der Waals surface area contributed by atoms with Gasteiger partial charge in [0.05, 0.1) is 0 Å². The van der Waals surface area contributed by atoms with Crippen LogP contribution in [0.4, 0.5) is 0 Å². The van der Waals surface area contributed by atoms with Crippen LogP contribution in [-0.4, -0.2) is 41.8 Å². The van der Waals surface area contributed by atoms with Gasteiger partial charge in [0.15, 0.2) is 0 Å². The van der Waals surface area contributed by atoms with Crippen LogP contribution in [0.2, 0.25) is 0 Å². The molecule has 0 radical (unpaired) electrons. The molecule has 3 amide bonds. The molecule has 6 heteroatoms. The van der Waals surface area contributed by atoms with Crippen molar-refractivity contribution in [3.05, 3.63) is 13.2 Å². The van der Waals surface area contributed by atoms with Crippen molar-refractivity contribution in [3.8, 4) is 0 Å². The summed E-state index contributed by atoms with van der Waals surface area (Å²) in [5.41, 5.74) is 5.82. The second kappa shape index (κ2) is 14.3. The standard InChI is InChI=1S/C12H21N3O3.C6H14.C2H4/c1-2-3-5-9(14-8-16)12(18)15-7-4-6-10(15)11(13)17;1-5-6(2,3)4;1-2/h8-10H,2-7H2,1H3,(H2,13,17)(H,14,16);5H2,1-4H3;1-2H2/t9-,10-;;/m0../s1. The minimum Gasteiger partial charge on any atom is -0.368 e. The van der Waals surface area contributed by atoms with E-state index in [-0.39, 0.29) is 5.91 Å². The molecule has 0 saturated carbocycles. The highest BCUT2D eigenvalue weighted by Crippen LogP contribution is 2.19. The predicted molar refractivity (Wildman–Crippen MR) is 107 cm³/mol. The molecule has 1 heterocycles. The second-order valence-electron chi connectivity index (χ2n) is 7.49. The summed E-state index contributed by atoms with van der Waals surface area (Å²) in [6.45, 7) is 17.5. The van der Waals surface area contributed by atoms with Crippen molar-refractivity contribution in [1.29, 1.82) is 0 Å². The molecule has 1 saturated heterocycles. The summed E-state index contributed by atoms with van der Waals surface area (Å²) in [4.78, 5) is 35.5. The van der Waals surface area contributed by atoms with E-state index < -0.39 is 18.0 Å². The predicted octanol–water partition coefficient (Wildman–Crippen LogP) is 3.01. The van der Waals surface area contributed by atoms with E-state index in [0.717, 1.165) is 19.3 Å². The van der Waals surface area contributed by atoms with E-state index in [1.165, 1.54) is 11.3 Å². The molecule has 0 aromatic rings. The van der Waals surface area contributed by atoms with Gasteiger partial charge in [-0.1, -0.05) is 53.9 Å². The number of carbonyl (C=O) groups is 3. The number of unbranched alkanes of at least 4 members (excludes halogenated alkanes) is 1. The van der Waals surface area contributed by atoms with Crippen LogP contribution in [0.5, 0.6) is 0 Å². The normalized spacial score (nSPS) is 17.1. The van der Waals surface area contributed by atoms with Gasteiger partial charge in [-0.05, 0) is 24.7 Å². The molecule has 3 N–H and O–H groups in total. The molecule has 1 aliphatic rings. The zero-order valence-corrected chi connectivity index (χ0v) is 17.3. The highest BCUT2D eigenvalue weighted by Gasteiger charge is 2.35. The van der Waals surface area contributed by atoms with Gasteiger partial charge in [0.2, 0.25) is 18.2 Å². The van der Waals surface area contributed by atoms with Crippen LogP contribution in [0, 0.1) is 5.41 Å². The summed E-state index contributed by atoms with van der Waals surface area (Å²) in [6, 6.07) is -1.06. The van der Waals surface area contributed by atoms with Crippen molar-refractivity contribution in [3.63, 3.8) is 0 Å². The maximum absolute atomic E-state index is 12.3. The van der Waals surface area contributed by atoms with Crippen LogP contribution in [-0.2, 0) is 14.4 Å². The summed E-state index contributed by atoms with van der Waals surface area (Å²) in [5.74, 6) is -0.668. The van der Waals surface area contributed by atoms with E-state index in [2.05, 4.69) is 46.2 Å². The number of hydrogen-bond acceptors (Lipinski definition) is 3. The van der Waals surface area contributed by atoms with E-state index in [1.807, 2.05) is 6.92 Å². The van der Waals surface area contributed by atoms with Gasteiger partial charge in [-0.15, -0.1) is 13.2 Å². The summed E-state index contributed by atoms with van der Waals surface area (Å²) >= 11 is 0. The first kappa shape index (κ1) is 26.4. The van der Waals surface area contributed by atoms with Gasteiger partial charge < -0.3 is 16.0 Å². The number of nitrogens with zero attached hydrogens (tertiary/aromatic N) is 1. The third-order valence-corrected chi connectivity index (χ3v) is 4.34. The Kier molecular flexibility index (Phi) is 14.5. The molecule has 0 spiro atoms. The lowest BCUT2D eigenvalue weighted by Gasteiger charge is -2.26. The summed E-state index contributed by atoms with van der Waals surface area (Å²) < 4.78 is 0. The Bertz CT molecular complexity index is 419. The van der Waals surface area contributed by atoms with Crippen molar-refractivity contribution in [1.82, 2.24) is 10.2 Å². The van der Waals surface area contributed by atoms with Gasteiger partial charge in [-0.3, -0.25) is 14.4 Å². The minimum atomic E-state index is -0.539. The molecule has 0 aromatic carbocycles. The van der Waals surface area contributed by atoms with Crippen molar-refractivity contribution < 1.29 is 14.4 Å². The van der Waals surface area contributed by atoms with Gasteiger partial charge in [-0.25, -0.2) is 0 Å². The van der Waals surface area contributed by atoms with E-state index in [0.29, 0.717) is 31.2 Å². The number of carbonyl (C=O) groups excluding carboxylic acids is 3. The lowest BCUT2D eigenvalue weighted by Crippen LogP contribution is -2.51. The number of nitrogens with two attached hydrogens (primary N) is 1. The molecule has 26 heavy (non-hydrogen) atoms. The van der Waals surface area contributed by atoms with Crippen LogP contribution in [0.3, 0.4) is 0 Å². The third kappa shape index (κ3) is 10.9. The van der Waals surface area contributed by atoms with Gasteiger partial charge in [0, 0.05) is 6.54 Å². The Balaban J connectivity index is 0. The molecule has 1 rings (SSSR count). The van der Waals surface area contributed by atoms with Gasteiger partial charge >= 0.3 is 0 Å². The third-order valence-electron chi connectivity index (χ3n) is 4.34. The quantitative estimate of drug-likeness (QED) is 0.534. The molecule has 152 valence electrons. The van der Waals surface area contributed by atoms with Crippen LogP contribution in [0.25, 0.3) is 0 Å². The van der Waals surface area contributed by atoms with Crippen LogP contribution >= 0.6 is 0 Å². The highest BCUT2D eigenvalue weighted by molar-refractivity contribution is 5.90. The zero-order chi connectivity index (χ0) is 20.8. The topological polar surface area (TPSA) is 92.5 Å². The number of rotatable bonds is 7. The van der Waals surface area contributed by atoms with E-state index in [4.69, 9.17) is 5.73 Å². The average molecular weight is 370 g/mol. The molecular weight excluding hydrogens is 330 g/mol. The van der Waals surface area contributed by atoms with E-state index >= 15 is 0 Å². The molecule has 1 aliphatic heterocycles. The molecular formula is C20H39N3O3. The average Bonchev–Trinajstić information content (AvgIpc) is 3.09. The Hall–Kier alpha value is -1.85. The Morgan fingerprint density at radius 3 is 2.23 bits per heavy atom. The molecule has 0 aliphatic carbocycles. The summed E-state index contributed by atoms with van der Waals surface area (Å²) in [6.07, 6.45) is 5.59. The van der Waals surface area contributed by atoms with Crippen molar-refractivity contribution in [2.45, 2.75) is 85.2 Å². The maximum atomic E-state index is 12.3. The van der Waals surface area contributed by atoms with E-state index in [1.54, 1.807) is 0 Å². The molecule has 0 unspecified atom stereocenters. The van der Waals surface area contributed by atoms with Crippen LogP contribution in [0.15, 0.2) is 13.2 Å². The molecule has 1 fully saturated rings. The molecule has 2 atom stereocenters. The SMILES string of the molecule is C=C.CCC(C)(C)C.CCCC[C@H](NC=O)C(=O)N1CCC[C@H]1C(N)=O. The summed E-state index contributed by atoms with van der Waals surface area (Å²) in [5, 5.41) is 2.53. The number of amides is 3. The Labute approximate surface area is 159 Å². The highest BCUT2D eigenvalue weighted by atomic mass is 16.2. The van der Waals surface area contributed by atoms with Gasteiger partial charge in [0.1, 0.15) is 12.1 Å². The molecule has 0 bridgehead atoms. The first-order valence-corrected chi connectivity index (χ1v) is 9.47. The van der Waals surface area contributed by atoms with Gasteiger partial charge in [-0.2, -0.15) is 0 Å². The fraction of sp³-hybridized carbons (Fsp3) is 0.750. The Morgan fingerprint density at radius 1 is 1.31 bits per heavy atom. The van der Waals surface area contributed by atoms with E-state index in [9.17, 15) is 14.4 Å². The van der Waals surface area contributed by atoms with Crippen LogP contribution in [0.1, 0.15) is 73.1 Å². The first-order chi connectivity index (χ1) is 12.2. The fourth-order valence-electron chi connectivity index (χ4n) is 2.29. The first-order valence-electron chi connectivity index (χ1n) is 9.47. The number of primary amides is 1. The number of hydrogen-bond donors (Lipinski definition) is 2. The zero-order valence-electron chi connectivity index (χ0n) is 17.3. The fourth-order valence-corrected chi connectivity index (χ4v) is 2.29. The molecule has 0 aromatic heterocycles. The summed E-state index contributed by atoms with van der Waals surface area (Å²) in [7, 11) is 0. The maximum Gasteiger partial charge on any atom is 0.245 e. The van der Waals surface area contributed by atoms with Crippen molar-refractivity contribution in [2.75, 3.05) is 6.54 Å². The number of nitrogens with one attached hydrogen (secondary N) is 1. The smallest absolute Gasteiger partial charge is 0.245 e. The lowest BCUT2D eigenvalue weighted by molar-refractivity contribution is -0.139. The molecule has 6 nitrogen and oxygen atoms in total. The lowest BCUT2D eigenvalue weighted by atomic mass is 9.94. The van der Waals surface area contributed by atoms with Crippen molar-refractivity contribution in [2.24, 2.45) is 11.1 Å². The number of likely N-dealkylation sites (tertiary alicyclic amines) is 1. The second-order valence-corrected chi connectivity index (χ2v) is 7.49. The Morgan fingerprint density at radius 2 is 1.85 bits per heavy atom. The van der Waals surface area contributed by atoms with Crippen LogP contribution < -0.4 is 11.1 Å². The largest absolute Gasteiger partial charge is 0.368 e. The van der Waals surface area contributed by atoms with Gasteiger partial charge in [0.25, 0.3) is 0 Å². The van der Waals surface area contributed by atoms with Crippen molar-refractivity contribution >= 4 is 18.2 Å². The minimum absolute atomic E-state index is 0.197.